The topological polar surface area (TPSA) is 114 Å². The molecular formula is C21H22N2O6. The maximum atomic E-state index is 12.6. The molecule has 29 heavy (non-hydrogen) atoms. The van der Waals surface area contributed by atoms with Gasteiger partial charge in [-0.3, -0.25) is 9.59 Å². The number of nitrogens with one attached hydrogen (secondary N) is 2. The summed E-state index contributed by atoms with van der Waals surface area (Å²) in [4.78, 5) is 36.1. The van der Waals surface area contributed by atoms with Gasteiger partial charge in [-0.15, -0.1) is 0 Å². The van der Waals surface area contributed by atoms with Crippen LogP contribution in [0.3, 0.4) is 0 Å². The Kier molecular flexibility index (Phi) is 6.58. The molecule has 1 heterocycles. The third-order valence-electron chi connectivity index (χ3n) is 4.42. The van der Waals surface area contributed by atoms with Crippen molar-refractivity contribution in [3.8, 4) is 0 Å². The number of ether oxygens (including phenoxy) is 2. The van der Waals surface area contributed by atoms with Gasteiger partial charge in [0.25, 0.3) is 11.8 Å². The van der Waals surface area contributed by atoms with E-state index in [9.17, 15) is 19.5 Å². The van der Waals surface area contributed by atoms with Crippen LogP contribution in [0.1, 0.15) is 39.1 Å². The van der Waals surface area contributed by atoms with Gasteiger partial charge in [-0.2, -0.15) is 0 Å². The molecule has 2 aromatic rings. The lowest BCUT2D eigenvalue weighted by Gasteiger charge is -2.12. The van der Waals surface area contributed by atoms with Gasteiger partial charge < -0.3 is 25.2 Å². The zero-order valence-corrected chi connectivity index (χ0v) is 15.9. The molecule has 8 heteroatoms. The van der Waals surface area contributed by atoms with Gasteiger partial charge >= 0.3 is 5.97 Å². The van der Waals surface area contributed by atoms with E-state index in [1.165, 1.54) is 19.2 Å². The van der Waals surface area contributed by atoms with Gasteiger partial charge in [-0.1, -0.05) is 6.07 Å². The second kappa shape index (κ2) is 9.31. The minimum atomic E-state index is -1.10. The van der Waals surface area contributed by atoms with Crippen molar-refractivity contribution < 1.29 is 29.0 Å². The van der Waals surface area contributed by atoms with E-state index in [2.05, 4.69) is 10.6 Å². The monoisotopic (exact) mass is 398 g/mol. The lowest BCUT2D eigenvalue weighted by atomic mass is 10.1. The van der Waals surface area contributed by atoms with Gasteiger partial charge in [0.05, 0.1) is 12.2 Å². The van der Waals surface area contributed by atoms with Crippen LogP contribution in [-0.2, 0) is 20.9 Å². The summed E-state index contributed by atoms with van der Waals surface area (Å²) < 4.78 is 10.4. The summed E-state index contributed by atoms with van der Waals surface area (Å²) in [6, 6.07) is 11.0. The Labute approximate surface area is 167 Å². The smallest absolute Gasteiger partial charge is 0.335 e. The highest BCUT2D eigenvalue weighted by Gasteiger charge is 2.23. The summed E-state index contributed by atoms with van der Waals surface area (Å²) in [5.41, 5.74) is 1.82. The largest absolute Gasteiger partial charge is 0.478 e. The number of methoxy groups -OCH3 is 1. The summed E-state index contributed by atoms with van der Waals surface area (Å²) in [6.45, 7) is 0.787. The van der Waals surface area contributed by atoms with Gasteiger partial charge in [-0.05, 0) is 54.8 Å². The number of carbonyl (C=O) groups excluding carboxylic acids is 2. The number of anilines is 2. The van der Waals surface area contributed by atoms with Crippen LogP contribution >= 0.6 is 0 Å². The Balaban J connectivity index is 1.73. The summed E-state index contributed by atoms with van der Waals surface area (Å²) in [7, 11) is 1.50. The van der Waals surface area contributed by atoms with E-state index in [1.807, 2.05) is 0 Å². The Hall–Kier alpha value is -3.23. The first-order valence-corrected chi connectivity index (χ1v) is 9.16. The number of hydrogen-bond acceptors (Lipinski definition) is 5. The number of carboxylic acid groups (broad SMARTS) is 1. The van der Waals surface area contributed by atoms with Crippen LogP contribution in [0.5, 0.6) is 0 Å². The zero-order valence-electron chi connectivity index (χ0n) is 15.9. The van der Waals surface area contributed by atoms with Crippen LogP contribution in [0, 0.1) is 0 Å². The number of benzene rings is 2. The van der Waals surface area contributed by atoms with Crippen LogP contribution in [0.2, 0.25) is 0 Å². The third kappa shape index (κ3) is 5.40. The van der Waals surface area contributed by atoms with Crippen molar-refractivity contribution in [2.24, 2.45) is 0 Å². The minimum Gasteiger partial charge on any atom is -0.478 e. The molecule has 0 aromatic heterocycles. The van der Waals surface area contributed by atoms with E-state index in [0.717, 1.165) is 6.42 Å². The predicted octanol–water partition coefficient (Wildman–Crippen LogP) is 2.90. The number of aromatic carboxylic acids is 1. The van der Waals surface area contributed by atoms with E-state index in [0.29, 0.717) is 35.5 Å². The quantitative estimate of drug-likeness (QED) is 0.661. The molecule has 0 radical (unpaired) electrons. The number of amides is 2. The molecule has 1 saturated heterocycles. The molecule has 2 amide bonds. The van der Waals surface area contributed by atoms with Gasteiger partial charge in [0.1, 0.15) is 6.10 Å². The number of carbonyl (C=O) groups is 3. The lowest BCUT2D eigenvalue weighted by molar-refractivity contribution is -0.124. The molecule has 3 rings (SSSR count). The average Bonchev–Trinajstić information content (AvgIpc) is 3.23. The van der Waals surface area contributed by atoms with Crippen LogP contribution in [-0.4, -0.2) is 42.7 Å². The molecule has 8 nitrogen and oxygen atoms in total. The van der Waals surface area contributed by atoms with Crippen LogP contribution in [0.15, 0.2) is 42.5 Å². The minimum absolute atomic E-state index is 0.0485. The highest BCUT2D eigenvalue weighted by atomic mass is 16.5. The average molecular weight is 398 g/mol. The number of carboxylic acids is 1. The van der Waals surface area contributed by atoms with Gasteiger partial charge in [0, 0.05) is 30.7 Å². The molecule has 0 aliphatic carbocycles. The third-order valence-corrected chi connectivity index (χ3v) is 4.42. The summed E-state index contributed by atoms with van der Waals surface area (Å²) in [6.07, 6.45) is 1.06. The Morgan fingerprint density at radius 2 is 1.90 bits per heavy atom. The van der Waals surface area contributed by atoms with E-state index < -0.39 is 18.0 Å². The van der Waals surface area contributed by atoms with Crippen LogP contribution < -0.4 is 10.6 Å². The Bertz CT molecular complexity index is 921. The number of hydrogen-bond donors (Lipinski definition) is 3. The van der Waals surface area contributed by atoms with Gasteiger partial charge in [0.15, 0.2) is 0 Å². The first-order valence-electron chi connectivity index (χ1n) is 9.16. The zero-order chi connectivity index (χ0) is 20.8. The van der Waals surface area contributed by atoms with Gasteiger partial charge in [0.2, 0.25) is 0 Å². The molecule has 1 unspecified atom stereocenters. The van der Waals surface area contributed by atoms with Crippen molar-refractivity contribution in [3.05, 3.63) is 59.2 Å². The van der Waals surface area contributed by atoms with E-state index in [-0.39, 0.29) is 18.1 Å². The molecule has 1 fully saturated rings. The van der Waals surface area contributed by atoms with Crippen molar-refractivity contribution in [2.75, 3.05) is 24.4 Å². The fraction of sp³-hybridized carbons (Fsp3) is 0.286. The fourth-order valence-electron chi connectivity index (χ4n) is 3.09. The first kappa shape index (κ1) is 20.5. The lowest BCUT2D eigenvalue weighted by Crippen LogP contribution is -2.27. The molecule has 152 valence electrons. The molecule has 1 aliphatic heterocycles. The van der Waals surface area contributed by atoms with Gasteiger partial charge in [-0.25, -0.2) is 4.79 Å². The maximum absolute atomic E-state index is 12.6. The van der Waals surface area contributed by atoms with Crippen molar-refractivity contribution in [1.82, 2.24) is 0 Å². The highest BCUT2D eigenvalue weighted by Crippen LogP contribution is 2.19. The second-order valence-electron chi connectivity index (χ2n) is 6.68. The molecular weight excluding hydrogens is 376 g/mol. The maximum Gasteiger partial charge on any atom is 0.335 e. The second-order valence-corrected chi connectivity index (χ2v) is 6.68. The summed E-state index contributed by atoms with van der Waals surface area (Å²) in [5, 5.41) is 14.7. The molecule has 1 aliphatic rings. The number of rotatable bonds is 7. The Morgan fingerprint density at radius 3 is 2.59 bits per heavy atom. The van der Waals surface area contributed by atoms with E-state index in [4.69, 9.17) is 9.47 Å². The van der Waals surface area contributed by atoms with Crippen molar-refractivity contribution in [2.45, 2.75) is 25.6 Å². The molecule has 0 bridgehead atoms. The highest BCUT2D eigenvalue weighted by molar-refractivity contribution is 6.06. The molecule has 0 saturated carbocycles. The Morgan fingerprint density at radius 1 is 1.10 bits per heavy atom. The molecule has 1 atom stereocenters. The van der Waals surface area contributed by atoms with Crippen LogP contribution in [0.25, 0.3) is 0 Å². The van der Waals surface area contributed by atoms with E-state index in [1.54, 1.807) is 30.3 Å². The molecule has 0 spiro atoms. The van der Waals surface area contributed by atoms with Crippen LogP contribution in [0.4, 0.5) is 11.4 Å². The van der Waals surface area contributed by atoms with E-state index >= 15 is 0 Å². The standard InChI is InChI=1S/C21H22N2O6/c1-28-12-13-8-15(21(26)27)11-17(9-13)23-19(24)14-4-2-5-16(10-14)22-20(25)18-6-3-7-29-18/h2,4-5,8-11,18H,3,6-7,12H2,1H3,(H,22,25)(H,23,24)(H,26,27). The van der Waals surface area contributed by atoms with Crippen molar-refractivity contribution >= 4 is 29.2 Å². The summed E-state index contributed by atoms with van der Waals surface area (Å²) >= 11 is 0. The molecule has 2 aromatic carbocycles. The van der Waals surface area contributed by atoms with Crippen molar-refractivity contribution in [3.63, 3.8) is 0 Å². The fourth-order valence-corrected chi connectivity index (χ4v) is 3.09. The SMILES string of the molecule is COCc1cc(NC(=O)c2cccc(NC(=O)C3CCCO3)c2)cc(C(=O)O)c1. The van der Waals surface area contributed by atoms with Crippen molar-refractivity contribution in [1.29, 1.82) is 0 Å². The predicted molar refractivity (Wildman–Crippen MR) is 106 cm³/mol. The summed E-state index contributed by atoms with van der Waals surface area (Å²) in [5.74, 6) is -1.76. The normalized spacial score (nSPS) is 15.7. The first-order chi connectivity index (χ1) is 14.0. The molecule has 3 N–H and O–H groups in total.